The van der Waals surface area contributed by atoms with Gasteiger partial charge in [0.2, 0.25) is 0 Å². The van der Waals surface area contributed by atoms with E-state index < -0.39 is 74.4 Å². The molecule has 0 aromatic heterocycles. The number of benzene rings is 2. The monoisotopic (exact) mass is 1390 g/mol. The summed E-state index contributed by atoms with van der Waals surface area (Å²) < 4.78 is 190. The third-order valence-electron chi connectivity index (χ3n) is 19.1. The first-order valence-corrected chi connectivity index (χ1v) is 44.5. The van der Waals surface area contributed by atoms with Crippen LogP contribution in [0.4, 0.5) is 57.1 Å². The van der Waals surface area contributed by atoms with Crippen LogP contribution in [-0.2, 0) is 23.5 Å². The molecule has 5 N–H and O–H groups in total. The Balaban J connectivity index is 2.10. The second kappa shape index (κ2) is 41.1. The summed E-state index contributed by atoms with van der Waals surface area (Å²) in [6.07, 6.45) is 15.1. The van der Waals surface area contributed by atoms with Crippen LogP contribution in [0.3, 0.4) is 0 Å². The highest BCUT2D eigenvalue weighted by Gasteiger charge is 2.90. The van der Waals surface area contributed by atoms with Crippen molar-refractivity contribution in [3.8, 4) is 11.5 Å². The molecule has 2 rings (SSSR count). The molecule has 0 aliphatic carbocycles. The van der Waals surface area contributed by atoms with Crippen LogP contribution in [-0.4, -0.2) is 134 Å². The van der Waals surface area contributed by atoms with E-state index in [0.29, 0.717) is 43.5 Å². The predicted octanol–water partition coefficient (Wildman–Crippen LogP) is 19.5. The van der Waals surface area contributed by atoms with Gasteiger partial charge >= 0.3 is 35.8 Å². The number of nitrogens with one attached hydrogen (secondary N) is 3. The van der Waals surface area contributed by atoms with Crippen LogP contribution in [0.15, 0.2) is 36.4 Å². The molecule has 0 amide bonds. The SMILES string of the molecule is CCCC(CCC(CCCCCCCCc1ccc(C(C)NCCCNC)c(O)c1)[SiH2]C)[Si](C)(C)O[Si](C)(C)C(CCC)CCC(CCCCCCCCc1ccc(CN(C)CCCNC)c(O)c1)[SiH2]CCC(F)(F)C(F)(F)C(F)(F)C(F)(F)C(F)(F)C(F)(F)F. The molecule has 0 saturated carbocycles. The first-order chi connectivity index (χ1) is 42.5. The molecule has 24 heteroatoms. The zero-order valence-electron chi connectivity index (χ0n) is 57.3. The van der Waals surface area contributed by atoms with Crippen molar-refractivity contribution in [1.29, 1.82) is 0 Å². The van der Waals surface area contributed by atoms with Crippen LogP contribution >= 0.6 is 0 Å². The van der Waals surface area contributed by atoms with Crippen LogP contribution in [0.1, 0.15) is 210 Å². The maximum Gasteiger partial charge on any atom is 0.460 e. The summed E-state index contributed by atoms with van der Waals surface area (Å²) >= 11 is 0. The van der Waals surface area contributed by atoms with Gasteiger partial charge in [0.15, 0.2) is 16.6 Å². The van der Waals surface area contributed by atoms with Crippen LogP contribution in [0.25, 0.3) is 0 Å². The normalized spacial score (nSPS) is 15.4. The van der Waals surface area contributed by atoms with Gasteiger partial charge < -0.3 is 35.2 Å². The number of aryl methyl sites for hydroxylation is 2. The minimum absolute atomic E-state index is 0.0796. The summed E-state index contributed by atoms with van der Waals surface area (Å²) in [4.78, 5) is 2.15. The van der Waals surface area contributed by atoms with Gasteiger partial charge in [-0.25, -0.2) is 0 Å². The molecule has 0 saturated heterocycles. The number of phenolic OH excluding ortho intramolecular Hbond substituents is 2. The Labute approximate surface area is 546 Å². The number of hydrogen-bond acceptors (Lipinski definition) is 7. The molecule has 0 bridgehead atoms. The number of alkyl halides is 13. The molecule has 91 heavy (non-hydrogen) atoms. The Morgan fingerprint density at radius 3 is 1.48 bits per heavy atom. The standard InChI is InChI=1S/C67H119F13N4O3Si4/c1-12-28-57(39-37-55(88-7)32-24-20-16-14-19-23-31-53-35-41-59(61(86)49-53)51(3)83-45-26-43-81-4)90(8,9)87-91(10,11)58(29-13-2)40-38-56(89-47-42-62(68,69)63(70,71)64(72,73)65(74,75)66(76,77)67(78,79)80)33-25-21-17-15-18-22-30-52-34-36-54(60(85)48-52)50-84(6)46-27-44-82-5/h34-36,41,48-49,51,55-58,81-83,85-86H,12-33,37-40,42-47,50,88-89H2,1-11H3. The third kappa shape index (κ3) is 27.7. The van der Waals surface area contributed by atoms with Crippen molar-refractivity contribution < 1.29 is 71.4 Å². The lowest BCUT2D eigenvalue weighted by atomic mass is 9.93. The van der Waals surface area contributed by atoms with Crippen molar-refractivity contribution in [3.05, 3.63) is 58.7 Å². The fourth-order valence-corrected chi connectivity index (χ4v) is 27.3. The van der Waals surface area contributed by atoms with Crippen molar-refractivity contribution in [2.75, 3.05) is 47.3 Å². The first-order valence-electron chi connectivity index (χ1n) is 34.5. The Morgan fingerprint density at radius 2 is 1.00 bits per heavy atom. The smallest absolute Gasteiger partial charge is 0.460 e. The van der Waals surface area contributed by atoms with Gasteiger partial charge in [0.1, 0.15) is 11.5 Å². The van der Waals surface area contributed by atoms with Gasteiger partial charge in [-0.15, -0.1) is 0 Å². The number of halogens is 13. The molecule has 0 spiro atoms. The minimum Gasteiger partial charge on any atom is -0.508 e. The maximum absolute atomic E-state index is 15.1. The molecule has 532 valence electrons. The summed E-state index contributed by atoms with van der Waals surface area (Å²) in [5.74, 6) is -36.1. The van der Waals surface area contributed by atoms with Gasteiger partial charge in [0.25, 0.3) is 0 Å². The first kappa shape index (κ1) is 84.9. The second-order valence-corrected chi connectivity index (χ2v) is 40.7. The molecule has 2 aromatic carbocycles. The van der Waals surface area contributed by atoms with E-state index in [1.54, 1.807) is 6.07 Å². The van der Waals surface area contributed by atoms with Gasteiger partial charge in [0.05, 0.1) is 0 Å². The second-order valence-electron chi connectivity index (χ2n) is 27.5. The van der Waals surface area contributed by atoms with E-state index in [0.717, 1.165) is 157 Å². The molecular weight excluding hydrogens is 1270 g/mol. The maximum atomic E-state index is 15.1. The van der Waals surface area contributed by atoms with Crippen molar-refractivity contribution in [2.45, 2.75) is 303 Å². The number of aromatic hydroxyl groups is 2. The molecule has 0 radical (unpaired) electrons. The van der Waals surface area contributed by atoms with E-state index in [9.17, 15) is 58.5 Å². The van der Waals surface area contributed by atoms with Gasteiger partial charge in [-0.2, -0.15) is 57.1 Å². The number of nitrogens with zero attached hydrogens (tertiary/aromatic N) is 1. The highest BCUT2D eigenvalue weighted by atomic mass is 28.4. The lowest BCUT2D eigenvalue weighted by Crippen LogP contribution is -2.70. The largest absolute Gasteiger partial charge is 0.508 e. The molecule has 0 heterocycles. The average Bonchev–Trinajstić information content (AvgIpc) is 0.714. The van der Waals surface area contributed by atoms with Gasteiger partial charge in [-0.3, -0.25) is 0 Å². The molecule has 7 nitrogen and oxygen atoms in total. The molecule has 5 atom stereocenters. The molecule has 0 aliphatic heterocycles. The van der Waals surface area contributed by atoms with E-state index in [1.165, 1.54) is 38.5 Å². The molecule has 0 aliphatic rings. The summed E-state index contributed by atoms with van der Waals surface area (Å²) in [6.45, 7) is 22.1. The highest BCUT2D eigenvalue weighted by molar-refractivity contribution is 6.86. The van der Waals surface area contributed by atoms with Crippen LogP contribution in [0.5, 0.6) is 11.5 Å². The summed E-state index contributed by atoms with van der Waals surface area (Å²) in [5, 5.41) is 31.2. The minimum atomic E-state index is -7.89. The van der Waals surface area contributed by atoms with Crippen LogP contribution in [0, 0.1) is 0 Å². The van der Waals surface area contributed by atoms with Crippen LogP contribution < -0.4 is 16.0 Å². The number of hydrogen-bond donors (Lipinski definition) is 5. The van der Waals surface area contributed by atoms with Crippen molar-refractivity contribution in [3.63, 3.8) is 0 Å². The van der Waals surface area contributed by atoms with E-state index in [-0.39, 0.29) is 32.4 Å². The molecular formula is C67H119F13N4O3Si4. The van der Waals surface area contributed by atoms with E-state index >= 15 is 8.78 Å². The third-order valence-corrected chi connectivity index (χ3v) is 32.8. The van der Waals surface area contributed by atoms with Gasteiger partial charge in [-0.05, 0) is 153 Å². The van der Waals surface area contributed by atoms with Crippen LogP contribution in [0.2, 0.25) is 60.9 Å². The van der Waals surface area contributed by atoms with Crippen molar-refractivity contribution in [1.82, 2.24) is 20.9 Å². The lowest BCUT2D eigenvalue weighted by molar-refractivity contribution is -0.439. The Hall–Kier alpha value is -2.20. The van der Waals surface area contributed by atoms with E-state index in [1.807, 2.05) is 45.4 Å². The Morgan fingerprint density at radius 1 is 0.538 bits per heavy atom. The highest BCUT2D eigenvalue weighted by Crippen LogP contribution is 2.61. The summed E-state index contributed by atoms with van der Waals surface area (Å²) in [6, 6.07) is 11.2. The molecule has 0 fully saturated rings. The topological polar surface area (TPSA) is 89.0 Å². The lowest BCUT2D eigenvalue weighted by Gasteiger charge is -2.43. The van der Waals surface area contributed by atoms with E-state index in [2.05, 4.69) is 80.4 Å². The van der Waals surface area contributed by atoms with E-state index in [4.69, 9.17) is 4.12 Å². The molecule has 2 aromatic rings. The quantitative estimate of drug-likeness (QED) is 0.0256. The summed E-state index contributed by atoms with van der Waals surface area (Å²) in [5.41, 5.74) is 5.00. The zero-order valence-corrected chi connectivity index (χ0v) is 62.1. The Kier molecular flexibility index (Phi) is 38.4. The number of phenols is 2. The van der Waals surface area contributed by atoms with Gasteiger partial charge in [-0.1, -0.05) is 190 Å². The average molecular weight is 1390 g/mol. The zero-order chi connectivity index (χ0) is 68.7. The number of rotatable bonds is 53. The fraction of sp³-hybridized carbons (Fsp3) is 0.821. The Bertz CT molecular complexity index is 2290. The summed E-state index contributed by atoms with van der Waals surface area (Å²) in [7, 11) is -1.10. The molecule has 5 unspecified atom stereocenters. The number of unbranched alkanes of at least 4 members (excludes halogenated alkanes) is 10. The van der Waals surface area contributed by atoms with Crippen molar-refractivity contribution in [2.24, 2.45) is 0 Å². The predicted molar refractivity (Wildman–Crippen MR) is 361 cm³/mol. The van der Waals surface area contributed by atoms with Gasteiger partial charge in [0, 0.05) is 49.2 Å². The van der Waals surface area contributed by atoms with Crippen molar-refractivity contribution >= 4 is 35.7 Å². The fourth-order valence-electron chi connectivity index (χ4n) is 13.2.